The number of aromatic nitrogens is 2. The monoisotopic (exact) mass is 265 g/mol. The molecule has 6 heteroatoms. The zero-order valence-electron chi connectivity index (χ0n) is 10.8. The van der Waals surface area contributed by atoms with Crippen LogP contribution in [0.25, 0.3) is 0 Å². The predicted octanol–water partition coefficient (Wildman–Crippen LogP) is 1.59. The molecule has 0 saturated heterocycles. The largest absolute Gasteiger partial charge is 0.481 e. The number of rotatable bonds is 6. The lowest BCUT2D eigenvalue weighted by Gasteiger charge is -2.08. The summed E-state index contributed by atoms with van der Waals surface area (Å²) in [7, 11) is 0. The molecule has 1 aliphatic rings. The Bertz CT molecular complexity index is 450. The molecule has 2 N–H and O–H groups in total. The van der Waals surface area contributed by atoms with Crippen LogP contribution in [0, 0.1) is 0 Å². The highest BCUT2D eigenvalue weighted by molar-refractivity contribution is 5.92. The number of carboxylic acid groups (broad SMARTS) is 1. The molecular weight excluding hydrogens is 246 g/mol. The van der Waals surface area contributed by atoms with Crippen molar-refractivity contribution in [2.45, 2.75) is 44.6 Å². The summed E-state index contributed by atoms with van der Waals surface area (Å²) in [4.78, 5) is 22.1. The minimum atomic E-state index is -0.847. The second-order valence-electron chi connectivity index (χ2n) is 4.87. The fraction of sp³-hybridized carbons (Fsp3) is 0.615. The van der Waals surface area contributed by atoms with Crippen LogP contribution in [-0.4, -0.2) is 33.3 Å². The van der Waals surface area contributed by atoms with Crippen LogP contribution >= 0.6 is 0 Å². The lowest BCUT2D eigenvalue weighted by Crippen LogP contribution is -2.25. The molecule has 1 aliphatic carbocycles. The summed E-state index contributed by atoms with van der Waals surface area (Å²) in [5.74, 6) is -1.08. The van der Waals surface area contributed by atoms with E-state index in [0.717, 1.165) is 12.8 Å². The Labute approximate surface area is 111 Å². The topological polar surface area (TPSA) is 84.2 Å². The summed E-state index contributed by atoms with van der Waals surface area (Å²) in [6.45, 7) is 0.363. The van der Waals surface area contributed by atoms with Crippen molar-refractivity contribution in [2.24, 2.45) is 0 Å². The van der Waals surface area contributed by atoms with E-state index in [9.17, 15) is 9.59 Å². The zero-order valence-corrected chi connectivity index (χ0v) is 10.8. The van der Waals surface area contributed by atoms with Crippen molar-refractivity contribution in [3.05, 3.63) is 18.0 Å². The molecule has 0 aliphatic heterocycles. The molecule has 2 rings (SSSR count). The number of nitrogens with zero attached hydrogens (tertiary/aromatic N) is 2. The molecular formula is C13H19N3O3. The molecule has 0 radical (unpaired) electrons. The van der Waals surface area contributed by atoms with Gasteiger partial charge in [-0.3, -0.25) is 14.3 Å². The fourth-order valence-corrected chi connectivity index (χ4v) is 2.36. The molecule has 1 saturated carbocycles. The third kappa shape index (κ3) is 3.81. The summed E-state index contributed by atoms with van der Waals surface area (Å²) >= 11 is 0. The Kier molecular flexibility index (Phi) is 4.54. The van der Waals surface area contributed by atoms with Crippen molar-refractivity contribution in [3.63, 3.8) is 0 Å². The number of amides is 1. The van der Waals surface area contributed by atoms with E-state index in [1.54, 1.807) is 6.07 Å². The van der Waals surface area contributed by atoms with Gasteiger partial charge in [-0.15, -0.1) is 0 Å². The van der Waals surface area contributed by atoms with Crippen LogP contribution in [0.1, 0.15) is 55.1 Å². The molecule has 1 amide bonds. The highest BCUT2D eigenvalue weighted by Crippen LogP contribution is 2.28. The van der Waals surface area contributed by atoms with Crippen molar-refractivity contribution in [1.82, 2.24) is 15.1 Å². The van der Waals surface area contributed by atoms with E-state index in [2.05, 4.69) is 10.4 Å². The first-order chi connectivity index (χ1) is 9.16. The highest BCUT2D eigenvalue weighted by atomic mass is 16.4. The molecule has 0 unspecified atom stereocenters. The van der Waals surface area contributed by atoms with Gasteiger partial charge in [0.25, 0.3) is 5.91 Å². The Hall–Kier alpha value is -1.85. The number of nitrogens with one attached hydrogen (secondary N) is 1. The lowest BCUT2D eigenvalue weighted by molar-refractivity contribution is -0.137. The molecule has 19 heavy (non-hydrogen) atoms. The SMILES string of the molecule is O=C(O)CCCNC(=O)c1ccn(C2CCCC2)n1. The molecule has 1 heterocycles. The van der Waals surface area contributed by atoms with Gasteiger partial charge in [-0.25, -0.2) is 0 Å². The van der Waals surface area contributed by atoms with Gasteiger partial charge in [0.15, 0.2) is 0 Å². The van der Waals surface area contributed by atoms with Crippen molar-refractivity contribution in [1.29, 1.82) is 0 Å². The van der Waals surface area contributed by atoms with E-state index < -0.39 is 5.97 Å². The fourth-order valence-electron chi connectivity index (χ4n) is 2.36. The number of carbonyl (C=O) groups is 2. The minimum absolute atomic E-state index is 0.0663. The normalized spacial score (nSPS) is 15.6. The molecule has 1 aromatic rings. The average molecular weight is 265 g/mol. The van der Waals surface area contributed by atoms with Gasteiger partial charge < -0.3 is 10.4 Å². The van der Waals surface area contributed by atoms with Crippen molar-refractivity contribution in [2.75, 3.05) is 6.54 Å². The van der Waals surface area contributed by atoms with Gasteiger partial charge in [0.2, 0.25) is 0 Å². The Morgan fingerprint density at radius 3 is 2.84 bits per heavy atom. The van der Waals surface area contributed by atoms with Crippen molar-refractivity contribution in [3.8, 4) is 0 Å². The van der Waals surface area contributed by atoms with Crippen molar-refractivity contribution < 1.29 is 14.7 Å². The third-order valence-electron chi connectivity index (χ3n) is 3.39. The standard InChI is InChI=1S/C13H19N3O3/c17-12(18)6-3-8-14-13(19)11-7-9-16(15-11)10-4-1-2-5-10/h7,9-10H,1-6,8H2,(H,14,19)(H,17,18). The number of carbonyl (C=O) groups excluding carboxylic acids is 1. The summed E-state index contributed by atoms with van der Waals surface area (Å²) in [6, 6.07) is 2.14. The maximum Gasteiger partial charge on any atom is 0.303 e. The highest BCUT2D eigenvalue weighted by Gasteiger charge is 2.18. The predicted molar refractivity (Wildman–Crippen MR) is 68.9 cm³/mol. The third-order valence-corrected chi connectivity index (χ3v) is 3.39. The molecule has 0 atom stereocenters. The number of aliphatic carboxylic acids is 1. The maximum atomic E-state index is 11.8. The first-order valence-electron chi connectivity index (χ1n) is 6.72. The summed E-state index contributed by atoms with van der Waals surface area (Å²) < 4.78 is 1.87. The van der Waals surface area contributed by atoms with E-state index in [1.165, 1.54) is 12.8 Å². The number of hydrogen-bond acceptors (Lipinski definition) is 3. The van der Waals surface area contributed by atoms with Gasteiger partial charge in [0.05, 0.1) is 6.04 Å². The second kappa shape index (κ2) is 6.36. The van der Waals surface area contributed by atoms with Gasteiger partial charge in [-0.2, -0.15) is 5.10 Å². The summed E-state index contributed by atoms with van der Waals surface area (Å²) in [5, 5.41) is 15.5. The van der Waals surface area contributed by atoms with E-state index in [4.69, 9.17) is 5.11 Å². The molecule has 0 bridgehead atoms. The van der Waals surface area contributed by atoms with Crippen LogP contribution < -0.4 is 5.32 Å². The molecule has 0 aromatic carbocycles. The van der Waals surface area contributed by atoms with E-state index in [-0.39, 0.29) is 12.3 Å². The maximum absolute atomic E-state index is 11.8. The van der Waals surface area contributed by atoms with Crippen LogP contribution in [0.5, 0.6) is 0 Å². The second-order valence-corrected chi connectivity index (χ2v) is 4.87. The summed E-state index contributed by atoms with van der Waals surface area (Å²) in [5.41, 5.74) is 0.405. The van der Waals surface area contributed by atoms with Gasteiger partial charge in [0.1, 0.15) is 5.69 Å². The van der Waals surface area contributed by atoms with Gasteiger partial charge in [-0.1, -0.05) is 12.8 Å². The van der Waals surface area contributed by atoms with E-state index >= 15 is 0 Å². The van der Waals surface area contributed by atoms with Crippen LogP contribution in [0.15, 0.2) is 12.3 Å². The average Bonchev–Trinajstić information content (AvgIpc) is 3.03. The van der Waals surface area contributed by atoms with Crippen LogP contribution in [0.2, 0.25) is 0 Å². The smallest absolute Gasteiger partial charge is 0.303 e. The van der Waals surface area contributed by atoms with Gasteiger partial charge in [0, 0.05) is 19.2 Å². The van der Waals surface area contributed by atoms with E-state index in [0.29, 0.717) is 24.7 Å². The number of hydrogen-bond donors (Lipinski definition) is 2. The van der Waals surface area contributed by atoms with Crippen LogP contribution in [0.3, 0.4) is 0 Å². The first kappa shape index (κ1) is 13.6. The molecule has 1 fully saturated rings. The summed E-state index contributed by atoms with van der Waals surface area (Å²) in [6.07, 6.45) is 7.05. The molecule has 6 nitrogen and oxygen atoms in total. The molecule has 1 aromatic heterocycles. The Morgan fingerprint density at radius 1 is 1.42 bits per heavy atom. The Morgan fingerprint density at radius 2 is 2.16 bits per heavy atom. The van der Waals surface area contributed by atoms with Crippen LogP contribution in [-0.2, 0) is 4.79 Å². The lowest BCUT2D eigenvalue weighted by atomic mass is 10.3. The van der Waals surface area contributed by atoms with E-state index in [1.807, 2.05) is 10.9 Å². The quantitative estimate of drug-likeness (QED) is 0.765. The molecule has 0 spiro atoms. The van der Waals surface area contributed by atoms with Crippen molar-refractivity contribution >= 4 is 11.9 Å². The first-order valence-corrected chi connectivity index (χ1v) is 6.72. The molecule has 104 valence electrons. The Balaban J connectivity index is 1.80. The van der Waals surface area contributed by atoms with Gasteiger partial charge >= 0.3 is 5.97 Å². The van der Waals surface area contributed by atoms with Gasteiger partial charge in [-0.05, 0) is 25.3 Å². The minimum Gasteiger partial charge on any atom is -0.481 e. The number of carboxylic acids is 1. The van der Waals surface area contributed by atoms with Crippen LogP contribution in [0.4, 0.5) is 0 Å². The zero-order chi connectivity index (χ0) is 13.7.